The molecule has 0 spiro atoms. The molecule has 0 saturated carbocycles. The van der Waals surface area contributed by atoms with Crippen LogP contribution in [-0.4, -0.2) is 85.7 Å². The first-order valence-corrected chi connectivity index (χ1v) is 8.75. The zero-order valence-corrected chi connectivity index (χ0v) is 14.2. The molecule has 1 atom stereocenters. The van der Waals surface area contributed by atoms with Gasteiger partial charge in [-0.2, -0.15) is 0 Å². The van der Waals surface area contributed by atoms with Gasteiger partial charge in [-0.15, -0.1) is 0 Å². The van der Waals surface area contributed by atoms with Crippen LogP contribution in [0.3, 0.4) is 0 Å². The van der Waals surface area contributed by atoms with Crippen molar-refractivity contribution in [1.82, 2.24) is 14.7 Å². The number of hydrogen-bond donors (Lipinski definition) is 1. The number of hydrogen-bond acceptors (Lipinski definition) is 4. The summed E-state index contributed by atoms with van der Waals surface area (Å²) in [7, 11) is 0. The molecule has 2 saturated heterocycles. The molecule has 2 heterocycles. The zero-order chi connectivity index (χ0) is 16.7. The maximum absolute atomic E-state index is 12.6. The minimum absolute atomic E-state index is 0.0873. The number of piperidine rings is 1. The Morgan fingerprint density at radius 1 is 1.09 bits per heavy atom. The number of primary amides is 1. The number of nitrogens with two attached hydrogens (primary N) is 1. The first-order chi connectivity index (χ1) is 11.1. The Labute approximate surface area is 138 Å². The van der Waals surface area contributed by atoms with Crippen LogP contribution in [0.15, 0.2) is 0 Å². The standard InChI is InChI=1S/C16H30N4O3/c1-2-11-23-12-10-18-6-8-19(9-7-18)15(21)14-4-3-5-20(13-14)16(17)22/h14H,2-13H2,1H3,(H2,17,22). The molecule has 2 aliphatic heterocycles. The molecule has 0 aromatic heterocycles. The lowest BCUT2D eigenvalue weighted by Crippen LogP contribution is -2.53. The number of amides is 3. The monoisotopic (exact) mass is 326 g/mol. The van der Waals surface area contributed by atoms with E-state index in [0.29, 0.717) is 13.1 Å². The second-order valence-electron chi connectivity index (χ2n) is 6.40. The van der Waals surface area contributed by atoms with Gasteiger partial charge < -0.3 is 20.3 Å². The average molecular weight is 326 g/mol. The van der Waals surface area contributed by atoms with Crippen molar-refractivity contribution in [3.63, 3.8) is 0 Å². The maximum atomic E-state index is 12.6. The summed E-state index contributed by atoms with van der Waals surface area (Å²) in [5.74, 6) is 0.0912. The fourth-order valence-corrected chi connectivity index (χ4v) is 3.27. The van der Waals surface area contributed by atoms with E-state index in [0.717, 1.165) is 65.2 Å². The number of urea groups is 1. The van der Waals surface area contributed by atoms with Crippen molar-refractivity contribution in [1.29, 1.82) is 0 Å². The van der Waals surface area contributed by atoms with Gasteiger partial charge >= 0.3 is 6.03 Å². The van der Waals surface area contributed by atoms with Gasteiger partial charge in [-0.3, -0.25) is 9.69 Å². The molecule has 0 aromatic carbocycles. The van der Waals surface area contributed by atoms with E-state index >= 15 is 0 Å². The molecule has 7 heteroatoms. The highest BCUT2D eigenvalue weighted by molar-refractivity contribution is 5.80. The SMILES string of the molecule is CCCOCCN1CCN(C(=O)C2CCCN(C(N)=O)C2)CC1. The van der Waals surface area contributed by atoms with Crippen LogP contribution in [0.5, 0.6) is 0 Å². The molecule has 0 aromatic rings. The van der Waals surface area contributed by atoms with Crippen LogP contribution >= 0.6 is 0 Å². The molecule has 7 nitrogen and oxygen atoms in total. The number of ether oxygens (including phenoxy) is 1. The van der Waals surface area contributed by atoms with Crippen molar-refractivity contribution in [3.05, 3.63) is 0 Å². The van der Waals surface area contributed by atoms with Crippen molar-refractivity contribution in [3.8, 4) is 0 Å². The van der Waals surface area contributed by atoms with E-state index in [4.69, 9.17) is 10.5 Å². The van der Waals surface area contributed by atoms with Crippen molar-refractivity contribution in [2.75, 3.05) is 59.0 Å². The van der Waals surface area contributed by atoms with Gasteiger partial charge in [0, 0.05) is 52.4 Å². The summed E-state index contributed by atoms with van der Waals surface area (Å²) >= 11 is 0. The minimum Gasteiger partial charge on any atom is -0.380 e. The van der Waals surface area contributed by atoms with Crippen LogP contribution < -0.4 is 5.73 Å². The molecule has 2 aliphatic rings. The van der Waals surface area contributed by atoms with E-state index in [1.807, 2.05) is 4.90 Å². The largest absolute Gasteiger partial charge is 0.380 e. The van der Waals surface area contributed by atoms with Gasteiger partial charge in [0.25, 0.3) is 0 Å². The van der Waals surface area contributed by atoms with Gasteiger partial charge in [0.15, 0.2) is 0 Å². The number of rotatable bonds is 6. The fourth-order valence-electron chi connectivity index (χ4n) is 3.27. The van der Waals surface area contributed by atoms with Crippen molar-refractivity contribution >= 4 is 11.9 Å². The Morgan fingerprint density at radius 3 is 2.48 bits per heavy atom. The third kappa shape index (κ3) is 5.35. The first kappa shape index (κ1) is 18.0. The highest BCUT2D eigenvalue weighted by atomic mass is 16.5. The maximum Gasteiger partial charge on any atom is 0.314 e. The van der Waals surface area contributed by atoms with E-state index in [2.05, 4.69) is 11.8 Å². The molecule has 2 fully saturated rings. The lowest BCUT2D eigenvalue weighted by atomic mass is 9.96. The number of nitrogens with zero attached hydrogens (tertiary/aromatic N) is 3. The average Bonchev–Trinajstić information content (AvgIpc) is 2.59. The Morgan fingerprint density at radius 2 is 1.83 bits per heavy atom. The van der Waals surface area contributed by atoms with E-state index in [1.165, 1.54) is 0 Å². The second-order valence-corrected chi connectivity index (χ2v) is 6.40. The quantitative estimate of drug-likeness (QED) is 0.714. The summed E-state index contributed by atoms with van der Waals surface area (Å²) < 4.78 is 5.52. The number of carbonyl (C=O) groups is 2. The summed E-state index contributed by atoms with van der Waals surface area (Å²) in [6.45, 7) is 9.08. The molecule has 0 aliphatic carbocycles. The summed E-state index contributed by atoms with van der Waals surface area (Å²) in [6, 6.07) is -0.417. The minimum atomic E-state index is -0.417. The number of piperazine rings is 1. The lowest BCUT2D eigenvalue weighted by molar-refractivity contribution is -0.138. The predicted octanol–water partition coefficient (Wildman–Crippen LogP) is 0.348. The van der Waals surface area contributed by atoms with Crippen molar-refractivity contribution < 1.29 is 14.3 Å². The normalized spacial score (nSPS) is 23.1. The van der Waals surface area contributed by atoms with Crippen molar-refractivity contribution in [2.45, 2.75) is 26.2 Å². The predicted molar refractivity (Wildman–Crippen MR) is 88.0 cm³/mol. The summed E-state index contributed by atoms with van der Waals surface area (Å²) in [4.78, 5) is 29.8. The first-order valence-electron chi connectivity index (χ1n) is 8.75. The Kier molecular flexibility index (Phi) is 7.11. The molecule has 1 unspecified atom stereocenters. The van der Waals surface area contributed by atoms with Crippen LogP contribution in [0.1, 0.15) is 26.2 Å². The van der Waals surface area contributed by atoms with Crippen LogP contribution in [0.4, 0.5) is 4.79 Å². The molecular formula is C16H30N4O3. The molecule has 2 N–H and O–H groups in total. The van der Waals surface area contributed by atoms with E-state index in [9.17, 15) is 9.59 Å². The van der Waals surface area contributed by atoms with E-state index in [-0.39, 0.29) is 11.8 Å². The van der Waals surface area contributed by atoms with Crippen LogP contribution in [-0.2, 0) is 9.53 Å². The number of carbonyl (C=O) groups excluding carboxylic acids is 2. The van der Waals surface area contributed by atoms with Gasteiger partial charge in [0.05, 0.1) is 12.5 Å². The zero-order valence-electron chi connectivity index (χ0n) is 14.2. The van der Waals surface area contributed by atoms with Gasteiger partial charge in [0.2, 0.25) is 5.91 Å². The fraction of sp³-hybridized carbons (Fsp3) is 0.875. The smallest absolute Gasteiger partial charge is 0.314 e. The molecule has 3 amide bonds. The molecule has 0 radical (unpaired) electrons. The number of likely N-dealkylation sites (tertiary alicyclic amines) is 1. The van der Waals surface area contributed by atoms with Crippen LogP contribution in [0, 0.1) is 5.92 Å². The van der Waals surface area contributed by atoms with Crippen LogP contribution in [0.2, 0.25) is 0 Å². The highest BCUT2D eigenvalue weighted by Gasteiger charge is 2.31. The van der Waals surface area contributed by atoms with E-state index < -0.39 is 6.03 Å². The van der Waals surface area contributed by atoms with E-state index in [1.54, 1.807) is 4.90 Å². The molecule has 0 bridgehead atoms. The summed E-state index contributed by atoms with van der Waals surface area (Å²) in [6.07, 6.45) is 2.76. The molecule has 2 rings (SSSR count). The topological polar surface area (TPSA) is 79.1 Å². The molecular weight excluding hydrogens is 296 g/mol. The third-order valence-corrected chi connectivity index (χ3v) is 4.67. The van der Waals surface area contributed by atoms with Gasteiger partial charge in [-0.05, 0) is 19.3 Å². The summed E-state index contributed by atoms with van der Waals surface area (Å²) in [5.41, 5.74) is 5.34. The van der Waals surface area contributed by atoms with Crippen molar-refractivity contribution in [2.24, 2.45) is 11.7 Å². The van der Waals surface area contributed by atoms with Gasteiger partial charge in [-0.1, -0.05) is 6.92 Å². The lowest BCUT2D eigenvalue weighted by Gasteiger charge is -2.38. The summed E-state index contributed by atoms with van der Waals surface area (Å²) in [5, 5.41) is 0. The molecule has 23 heavy (non-hydrogen) atoms. The highest BCUT2D eigenvalue weighted by Crippen LogP contribution is 2.19. The molecule has 132 valence electrons. The Hall–Kier alpha value is -1.34. The van der Waals surface area contributed by atoms with Gasteiger partial charge in [0.1, 0.15) is 0 Å². The van der Waals surface area contributed by atoms with Gasteiger partial charge in [-0.25, -0.2) is 4.79 Å². The Balaban J connectivity index is 1.72. The third-order valence-electron chi connectivity index (χ3n) is 4.67. The Bertz CT molecular complexity index is 397. The van der Waals surface area contributed by atoms with Crippen LogP contribution in [0.25, 0.3) is 0 Å². The second kappa shape index (κ2) is 9.08.